The van der Waals surface area contributed by atoms with Gasteiger partial charge in [0.25, 0.3) is 0 Å². The second-order valence-corrected chi connectivity index (χ2v) is 16.5. The minimum absolute atomic E-state index is 0.0215. The van der Waals surface area contributed by atoms with Gasteiger partial charge in [0.1, 0.15) is 19.8 Å². The maximum absolute atomic E-state index is 12.7. The topological polar surface area (TPSA) is 108 Å². The Morgan fingerprint density at radius 3 is 1.67 bits per heavy atom. The number of hydrogen-bond donors (Lipinski definition) is 1. The van der Waals surface area contributed by atoms with Crippen molar-refractivity contribution in [1.82, 2.24) is 0 Å². The lowest BCUT2D eigenvalue weighted by molar-refractivity contribution is -0.870. The van der Waals surface area contributed by atoms with Gasteiger partial charge in [-0.3, -0.25) is 18.6 Å². The van der Waals surface area contributed by atoms with Crippen molar-refractivity contribution in [2.45, 2.75) is 161 Å². The zero-order chi connectivity index (χ0) is 40.0. The Morgan fingerprint density at radius 2 is 1.07 bits per heavy atom. The van der Waals surface area contributed by atoms with Crippen LogP contribution in [0.1, 0.15) is 155 Å². The number of phosphoric ester groups is 1. The lowest BCUT2D eigenvalue weighted by atomic mass is 10.1. The largest absolute Gasteiger partial charge is 0.472 e. The van der Waals surface area contributed by atoms with Gasteiger partial charge >= 0.3 is 19.8 Å². The quantitative estimate of drug-likeness (QED) is 0.0166. The number of nitrogens with zero attached hydrogens (tertiary/aromatic N) is 1. The summed E-state index contributed by atoms with van der Waals surface area (Å²) in [4.78, 5) is 35.3. The van der Waals surface area contributed by atoms with Crippen LogP contribution in [0.15, 0.2) is 60.8 Å². The Morgan fingerprint density at radius 1 is 0.593 bits per heavy atom. The molecule has 0 aliphatic rings. The van der Waals surface area contributed by atoms with Crippen LogP contribution in [0.3, 0.4) is 0 Å². The summed E-state index contributed by atoms with van der Waals surface area (Å²) in [5.41, 5.74) is 0. The monoisotopic (exact) mass is 781 g/mol. The van der Waals surface area contributed by atoms with E-state index in [0.29, 0.717) is 23.9 Å². The summed E-state index contributed by atoms with van der Waals surface area (Å²) in [6.45, 7) is 4.21. The minimum Gasteiger partial charge on any atom is -0.462 e. The molecule has 0 aromatic carbocycles. The highest BCUT2D eigenvalue weighted by molar-refractivity contribution is 7.47. The third kappa shape index (κ3) is 39.4. The van der Waals surface area contributed by atoms with Crippen LogP contribution in [0.2, 0.25) is 0 Å². The standard InChI is InChI=1S/C44H78NO8P/c1-6-8-10-12-14-16-18-20-22-24-26-28-30-32-34-36-43(46)50-40-42(41-52-54(48,49)51-39-38-45(3,4)5)53-44(47)37-35-33-31-29-27-25-23-21-19-17-15-13-11-9-7-2/h8,10,12,14,16,18,20,22,27,29,42H,6-7,9,11,13,15,17,19,21,23-26,28,30-41H2,1-5H3/p+1/b10-8+,14-12+,18-16+,22-20+,29-27+/t42-/m1/s1. The lowest BCUT2D eigenvalue weighted by Crippen LogP contribution is -2.37. The van der Waals surface area contributed by atoms with Crippen molar-refractivity contribution in [2.75, 3.05) is 47.5 Å². The van der Waals surface area contributed by atoms with Gasteiger partial charge in [0.05, 0.1) is 27.7 Å². The maximum Gasteiger partial charge on any atom is 0.472 e. The van der Waals surface area contributed by atoms with Crippen LogP contribution < -0.4 is 0 Å². The average molecular weight is 781 g/mol. The lowest BCUT2D eigenvalue weighted by Gasteiger charge is -2.24. The Bertz CT molecular complexity index is 1110. The van der Waals surface area contributed by atoms with E-state index in [1.54, 1.807) is 0 Å². The highest BCUT2D eigenvalue weighted by Crippen LogP contribution is 2.43. The fourth-order valence-corrected chi connectivity index (χ4v) is 6.05. The van der Waals surface area contributed by atoms with Gasteiger partial charge in [0, 0.05) is 12.8 Å². The molecule has 0 bridgehead atoms. The van der Waals surface area contributed by atoms with E-state index in [1.165, 1.54) is 57.8 Å². The van der Waals surface area contributed by atoms with Crippen molar-refractivity contribution in [1.29, 1.82) is 0 Å². The van der Waals surface area contributed by atoms with Crippen LogP contribution in [-0.4, -0.2) is 74.9 Å². The number of hydrogen-bond acceptors (Lipinski definition) is 7. The summed E-state index contributed by atoms with van der Waals surface area (Å²) in [7, 11) is 1.44. The van der Waals surface area contributed by atoms with Crippen LogP contribution in [0.4, 0.5) is 0 Å². The van der Waals surface area contributed by atoms with Gasteiger partial charge in [0.2, 0.25) is 0 Å². The molecule has 0 saturated heterocycles. The summed E-state index contributed by atoms with van der Waals surface area (Å²) in [5.74, 6) is -0.856. The van der Waals surface area contributed by atoms with Gasteiger partial charge < -0.3 is 18.9 Å². The Balaban J connectivity index is 4.47. The molecule has 0 rings (SSSR count). The van der Waals surface area contributed by atoms with E-state index in [1.807, 2.05) is 51.5 Å². The van der Waals surface area contributed by atoms with Crippen molar-refractivity contribution >= 4 is 19.8 Å². The number of allylic oxidation sites excluding steroid dienone is 10. The smallest absolute Gasteiger partial charge is 0.462 e. The third-order valence-electron chi connectivity index (χ3n) is 8.63. The number of carbonyl (C=O) groups is 2. The van der Waals surface area contributed by atoms with Gasteiger partial charge in [-0.15, -0.1) is 0 Å². The molecule has 2 atom stereocenters. The normalized spacial score (nSPS) is 14.3. The van der Waals surface area contributed by atoms with Crippen molar-refractivity contribution < 1.29 is 42.1 Å². The third-order valence-corrected chi connectivity index (χ3v) is 9.61. The summed E-state index contributed by atoms with van der Waals surface area (Å²) in [5, 5.41) is 0. The first-order valence-corrected chi connectivity index (χ1v) is 22.6. The molecule has 1 N–H and O–H groups in total. The van der Waals surface area contributed by atoms with E-state index in [9.17, 15) is 19.0 Å². The molecule has 0 fully saturated rings. The molecular weight excluding hydrogens is 701 g/mol. The summed E-state index contributed by atoms with van der Waals surface area (Å²) >= 11 is 0. The van der Waals surface area contributed by atoms with Crippen molar-refractivity contribution in [3.05, 3.63) is 60.8 Å². The Kier molecular flexibility index (Phi) is 34.8. The van der Waals surface area contributed by atoms with Gasteiger partial charge in [-0.05, 0) is 57.8 Å². The first-order valence-electron chi connectivity index (χ1n) is 21.1. The first-order chi connectivity index (χ1) is 26.0. The number of carbonyl (C=O) groups excluding carboxylic acids is 2. The molecule has 0 spiro atoms. The molecule has 0 aromatic rings. The molecule has 0 amide bonds. The molecule has 0 aliphatic carbocycles. The Hall–Kier alpha value is -2.29. The molecule has 0 aliphatic heterocycles. The van der Waals surface area contributed by atoms with Gasteiger partial charge in [0.15, 0.2) is 6.10 Å². The number of esters is 2. The first kappa shape index (κ1) is 51.7. The molecule has 54 heavy (non-hydrogen) atoms. The number of rotatable bonds is 37. The van der Waals surface area contributed by atoms with E-state index < -0.39 is 32.5 Å². The van der Waals surface area contributed by atoms with Crippen LogP contribution in [-0.2, 0) is 32.7 Å². The highest BCUT2D eigenvalue weighted by Gasteiger charge is 2.27. The van der Waals surface area contributed by atoms with E-state index in [-0.39, 0.29) is 26.1 Å². The van der Waals surface area contributed by atoms with Crippen LogP contribution in [0.5, 0.6) is 0 Å². The molecule has 312 valence electrons. The average Bonchev–Trinajstić information content (AvgIpc) is 3.12. The fourth-order valence-electron chi connectivity index (χ4n) is 5.31. The Labute approximate surface area is 330 Å². The number of quaternary nitrogens is 1. The number of likely N-dealkylation sites (N-methyl/N-ethyl adjacent to an activating group) is 1. The van der Waals surface area contributed by atoms with Crippen LogP contribution in [0.25, 0.3) is 0 Å². The van der Waals surface area contributed by atoms with Crippen molar-refractivity contribution in [3.63, 3.8) is 0 Å². The van der Waals surface area contributed by atoms with Gasteiger partial charge in [-0.1, -0.05) is 145 Å². The minimum atomic E-state index is -4.38. The van der Waals surface area contributed by atoms with Gasteiger partial charge in [-0.25, -0.2) is 4.57 Å². The number of phosphoric acid groups is 1. The number of unbranched alkanes of at least 4 members (excludes halogenated alkanes) is 16. The molecule has 0 saturated carbocycles. The molecule has 10 heteroatoms. The second kappa shape index (κ2) is 36.4. The molecule has 1 unspecified atom stereocenters. The van der Waals surface area contributed by atoms with E-state index >= 15 is 0 Å². The summed E-state index contributed by atoms with van der Waals surface area (Å²) in [6, 6.07) is 0. The van der Waals surface area contributed by atoms with Crippen LogP contribution >= 0.6 is 7.82 Å². The molecule has 0 radical (unpaired) electrons. The van der Waals surface area contributed by atoms with Gasteiger partial charge in [-0.2, -0.15) is 0 Å². The molecule has 9 nitrogen and oxygen atoms in total. The molecule has 0 heterocycles. The van der Waals surface area contributed by atoms with Crippen molar-refractivity contribution in [3.8, 4) is 0 Å². The van der Waals surface area contributed by atoms with Crippen molar-refractivity contribution in [2.24, 2.45) is 0 Å². The summed E-state index contributed by atoms with van der Waals surface area (Å²) in [6.07, 6.45) is 42.7. The highest BCUT2D eigenvalue weighted by atomic mass is 31.2. The predicted octanol–water partition coefficient (Wildman–Crippen LogP) is 11.7. The second-order valence-electron chi connectivity index (χ2n) is 15.1. The zero-order valence-electron chi connectivity index (χ0n) is 34.9. The SMILES string of the molecule is CC/C=C/C=C/C=C/C=C/CCCCCCCC(=O)OC[C@H](COP(=O)(O)OCC[N+](C)(C)C)OC(=O)CCCC/C=C/CCCCCCCCCCC. The molecular formula is C44H79NO8P+. The number of ether oxygens (including phenoxy) is 2. The maximum atomic E-state index is 12.7. The molecule has 0 aromatic heterocycles. The van der Waals surface area contributed by atoms with Crippen LogP contribution in [0, 0.1) is 0 Å². The summed E-state index contributed by atoms with van der Waals surface area (Å²) < 4.78 is 34.2. The van der Waals surface area contributed by atoms with E-state index in [4.69, 9.17) is 18.5 Å². The van der Waals surface area contributed by atoms with E-state index in [2.05, 4.69) is 44.2 Å². The van der Waals surface area contributed by atoms with E-state index in [0.717, 1.165) is 57.8 Å². The predicted molar refractivity (Wildman–Crippen MR) is 224 cm³/mol. The fraction of sp³-hybridized carbons (Fsp3) is 0.727. The zero-order valence-corrected chi connectivity index (χ0v) is 35.8.